The Bertz CT molecular complexity index is 728. The second-order valence-corrected chi connectivity index (χ2v) is 7.37. The fourth-order valence-electron chi connectivity index (χ4n) is 3.11. The lowest BCUT2D eigenvalue weighted by atomic mass is 10.2. The van der Waals surface area contributed by atoms with Crippen LogP contribution in [0.1, 0.15) is 11.1 Å². The zero-order chi connectivity index (χ0) is 19.1. The fraction of sp³-hybridized carbons (Fsp3) is 0.381. The van der Waals surface area contributed by atoms with E-state index in [-0.39, 0.29) is 5.91 Å². The Morgan fingerprint density at radius 3 is 2.37 bits per heavy atom. The molecule has 1 saturated heterocycles. The van der Waals surface area contributed by atoms with Crippen molar-refractivity contribution in [3.05, 3.63) is 64.7 Å². The van der Waals surface area contributed by atoms with Crippen LogP contribution in [0.3, 0.4) is 0 Å². The first-order valence-electron chi connectivity index (χ1n) is 9.20. The van der Waals surface area contributed by atoms with Crippen LogP contribution in [-0.4, -0.2) is 55.6 Å². The SMILES string of the molecule is CN(CC(=O)Nc1ccc(CN2CCOCC2)cc1)Cc1ccc(Cl)cc1. The molecule has 5 nitrogen and oxygen atoms in total. The molecule has 0 atom stereocenters. The van der Waals surface area contributed by atoms with Crippen molar-refractivity contribution in [2.24, 2.45) is 0 Å². The van der Waals surface area contributed by atoms with E-state index in [1.807, 2.05) is 48.3 Å². The third-order valence-corrected chi connectivity index (χ3v) is 4.78. The number of carbonyl (C=O) groups excluding carboxylic acids is 1. The quantitative estimate of drug-likeness (QED) is 0.792. The van der Waals surface area contributed by atoms with Crippen LogP contribution < -0.4 is 5.32 Å². The minimum absolute atomic E-state index is 0.0209. The minimum atomic E-state index is -0.0209. The van der Waals surface area contributed by atoms with E-state index in [1.165, 1.54) is 5.56 Å². The zero-order valence-electron chi connectivity index (χ0n) is 15.7. The number of likely N-dealkylation sites (N-methyl/N-ethyl adjacent to an activating group) is 1. The number of amides is 1. The van der Waals surface area contributed by atoms with Gasteiger partial charge < -0.3 is 10.1 Å². The maximum atomic E-state index is 12.3. The van der Waals surface area contributed by atoms with Gasteiger partial charge in [-0.1, -0.05) is 35.9 Å². The van der Waals surface area contributed by atoms with Gasteiger partial charge in [0.1, 0.15) is 0 Å². The average molecular weight is 388 g/mol. The summed E-state index contributed by atoms with van der Waals surface area (Å²) in [4.78, 5) is 16.6. The van der Waals surface area contributed by atoms with Crippen molar-refractivity contribution < 1.29 is 9.53 Å². The predicted octanol–water partition coefficient (Wildman–Crippen LogP) is 3.24. The number of anilines is 1. The van der Waals surface area contributed by atoms with Crippen LogP contribution in [0.15, 0.2) is 48.5 Å². The highest BCUT2D eigenvalue weighted by molar-refractivity contribution is 6.30. The first kappa shape index (κ1) is 19.8. The number of morpholine rings is 1. The van der Waals surface area contributed by atoms with Gasteiger partial charge in [-0.05, 0) is 42.4 Å². The number of benzene rings is 2. The number of rotatable bonds is 7. The first-order valence-corrected chi connectivity index (χ1v) is 9.58. The van der Waals surface area contributed by atoms with E-state index in [2.05, 4.69) is 22.3 Å². The second kappa shape index (κ2) is 9.85. The van der Waals surface area contributed by atoms with Gasteiger partial charge in [0.15, 0.2) is 0 Å². The van der Waals surface area contributed by atoms with Gasteiger partial charge in [0.25, 0.3) is 0 Å². The molecule has 0 unspecified atom stereocenters. The Hall–Kier alpha value is -1.92. The molecule has 0 aromatic heterocycles. The third-order valence-electron chi connectivity index (χ3n) is 4.53. The summed E-state index contributed by atoms with van der Waals surface area (Å²) in [6, 6.07) is 15.8. The second-order valence-electron chi connectivity index (χ2n) is 6.93. The Labute approximate surface area is 165 Å². The highest BCUT2D eigenvalue weighted by Crippen LogP contribution is 2.13. The summed E-state index contributed by atoms with van der Waals surface area (Å²) in [5.74, 6) is -0.0209. The van der Waals surface area contributed by atoms with Crippen LogP contribution in [0.2, 0.25) is 5.02 Å². The van der Waals surface area contributed by atoms with Crippen LogP contribution in [0.4, 0.5) is 5.69 Å². The molecule has 1 fully saturated rings. The van der Waals surface area contributed by atoms with Crippen LogP contribution >= 0.6 is 11.6 Å². The van der Waals surface area contributed by atoms with Gasteiger partial charge in [-0.15, -0.1) is 0 Å². The number of carbonyl (C=O) groups is 1. The molecule has 0 saturated carbocycles. The van der Waals surface area contributed by atoms with E-state index in [0.717, 1.165) is 49.1 Å². The van der Waals surface area contributed by atoms with Crippen LogP contribution in [-0.2, 0) is 22.6 Å². The summed E-state index contributed by atoms with van der Waals surface area (Å²) < 4.78 is 5.38. The van der Waals surface area contributed by atoms with Crippen molar-refractivity contribution in [1.29, 1.82) is 0 Å². The number of halogens is 1. The molecule has 0 radical (unpaired) electrons. The van der Waals surface area contributed by atoms with Crippen molar-refractivity contribution in [2.45, 2.75) is 13.1 Å². The number of nitrogens with one attached hydrogen (secondary N) is 1. The minimum Gasteiger partial charge on any atom is -0.379 e. The molecule has 3 rings (SSSR count). The normalized spacial score (nSPS) is 15.1. The number of ether oxygens (including phenoxy) is 1. The van der Waals surface area contributed by atoms with Crippen molar-refractivity contribution in [1.82, 2.24) is 9.80 Å². The Morgan fingerprint density at radius 2 is 1.70 bits per heavy atom. The maximum Gasteiger partial charge on any atom is 0.238 e. The van der Waals surface area contributed by atoms with Gasteiger partial charge >= 0.3 is 0 Å². The molecule has 2 aromatic rings. The molecule has 0 aliphatic carbocycles. The summed E-state index contributed by atoms with van der Waals surface area (Å²) in [5.41, 5.74) is 3.20. The predicted molar refractivity (Wildman–Crippen MR) is 109 cm³/mol. The van der Waals surface area contributed by atoms with E-state index < -0.39 is 0 Å². The van der Waals surface area contributed by atoms with Crippen LogP contribution in [0.25, 0.3) is 0 Å². The van der Waals surface area contributed by atoms with Gasteiger partial charge in [0, 0.05) is 36.9 Å². The fourth-order valence-corrected chi connectivity index (χ4v) is 3.24. The molecule has 1 amide bonds. The van der Waals surface area contributed by atoms with Crippen LogP contribution in [0, 0.1) is 0 Å². The van der Waals surface area contributed by atoms with Crippen molar-refractivity contribution in [2.75, 3.05) is 45.2 Å². The molecule has 1 aliphatic heterocycles. The van der Waals surface area contributed by atoms with E-state index >= 15 is 0 Å². The van der Waals surface area contributed by atoms with Crippen molar-refractivity contribution >= 4 is 23.2 Å². The molecule has 1 heterocycles. The summed E-state index contributed by atoms with van der Waals surface area (Å²) in [6.45, 7) is 5.49. The molecule has 0 bridgehead atoms. The van der Waals surface area contributed by atoms with Gasteiger partial charge in [-0.3, -0.25) is 14.6 Å². The molecule has 1 N–H and O–H groups in total. The Balaban J connectivity index is 1.44. The molecule has 2 aromatic carbocycles. The highest BCUT2D eigenvalue weighted by Gasteiger charge is 2.11. The van der Waals surface area contributed by atoms with Gasteiger partial charge in [0.2, 0.25) is 5.91 Å². The largest absolute Gasteiger partial charge is 0.379 e. The van der Waals surface area contributed by atoms with E-state index in [0.29, 0.717) is 13.1 Å². The van der Waals surface area contributed by atoms with Crippen molar-refractivity contribution in [3.8, 4) is 0 Å². The van der Waals surface area contributed by atoms with E-state index in [4.69, 9.17) is 16.3 Å². The molecular formula is C21H26ClN3O2. The summed E-state index contributed by atoms with van der Waals surface area (Å²) in [7, 11) is 1.93. The monoisotopic (exact) mass is 387 g/mol. The molecule has 144 valence electrons. The standard InChI is InChI=1S/C21H26ClN3O2/c1-24(14-17-2-6-19(22)7-3-17)16-21(26)23-20-8-4-18(5-9-20)15-25-10-12-27-13-11-25/h2-9H,10-16H2,1H3,(H,23,26). The molecule has 0 spiro atoms. The van der Waals surface area contributed by atoms with Gasteiger partial charge in [0.05, 0.1) is 19.8 Å². The lowest BCUT2D eigenvalue weighted by molar-refractivity contribution is -0.117. The molecule has 1 aliphatic rings. The topological polar surface area (TPSA) is 44.8 Å². The molecular weight excluding hydrogens is 362 g/mol. The van der Waals surface area contributed by atoms with Gasteiger partial charge in [-0.25, -0.2) is 0 Å². The molecule has 27 heavy (non-hydrogen) atoms. The number of nitrogens with zero attached hydrogens (tertiary/aromatic N) is 2. The molecule has 6 heteroatoms. The summed E-state index contributed by atoms with van der Waals surface area (Å²) in [6.07, 6.45) is 0. The van der Waals surface area contributed by atoms with Crippen LogP contribution in [0.5, 0.6) is 0 Å². The Morgan fingerprint density at radius 1 is 1.07 bits per heavy atom. The van der Waals surface area contributed by atoms with E-state index in [1.54, 1.807) is 0 Å². The summed E-state index contributed by atoms with van der Waals surface area (Å²) in [5, 5.41) is 3.68. The zero-order valence-corrected chi connectivity index (χ0v) is 16.4. The Kier molecular flexibility index (Phi) is 7.24. The van der Waals surface area contributed by atoms with E-state index in [9.17, 15) is 4.79 Å². The third kappa shape index (κ3) is 6.63. The van der Waals surface area contributed by atoms with Gasteiger partial charge in [-0.2, -0.15) is 0 Å². The lowest BCUT2D eigenvalue weighted by Crippen LogP contribution is -2.35. The highest BCUT2D eigenvalue weighted by atomic mass is 35.5. The number of hydrogen-bond acceptors (Lipinski definition) is 4. The summed E-state index contributed by atoms with van der Waals surface area (Å²) >= 11 is 5.90. The average Bonchev–Trinajstić information content (AvgIpc) is 2.66. The maximum absolute atomic E-state index is 12.3. The number of hydrogen-bond donors (Lipinski definition) is 1. The first-order chi connectivity index (χ1) is 13.1. The smallest absolute Gasteiger partial charge is 0.238 e. The van der Waals surface area contributed by atoms with Crippen molar-refractivity contribution in [3.63, 3.8) is 0 Å². The lowest BCUT2D eigenvalue weighted by Gasteiger charge is -2.26.